The third kappa shape index (κ3) is 8.23. The molecule has 5 nitrogen and oxygen atoms in total. The zero-order valence-electron chi connectivity index (χ0n) is 25.0. The zero-order chi connectivity index (χ0) is 30.6. The Bertz CT molecular complexity index is 1530. The minimum atomic E-state index is -0.270. The Labute approximate surface area is 259 Å². The molecule has 0 radical (unpaired) electrons. The van der Waals surface area contributed by atoms with E-state index in [1.165, 1.54) is 11.1 Å². The summed E-state index contributed by atoms with van der Waals surface area (Å²) in [6.45, 7) is 2.17. The predicted octanol–water partition coefficient (Wildman–Crippen LogP) is 9.91. The summed E-state index contributed by atoms with van der Waals surface area (Å²) in [6, 6.07) is 45.4. The molecule has 0 heterocycles. The molecule has 5 heteroatoms. The van der Waals surface area contributed by atoms with Crippen LogP contribution < -0.4 is 9.64 Å². The second kappa shape index (κ2) is 15.4. The number of ether oxygens (including phenoxy) is 2. The lowest BCUT2D eigenvalue weighted by Gasteiger charge is -2.26. The number of hydrogen-bond acceptors (Lipinski definition) is 5. The summed E-state index contributed by atoms with van der Waals surface area (Å²) in [7, 11) is 0. The number of rotatable bonds is 13. The standard InChI is InChI=1S/C39H37NO4/c1-2-38(41)43-29-11-5-10-16-39(42)44-37-27-25-36(26-28-37)40(34-21-17-32(18-22-34)30-12-6-3-7-13-30)35-23-19-33(20-24-35)31-14-8-4-9-15-31/h3-4,6-9,12-15,17-28H,2,5,10-11,16,29H2,1H3. The van der Waals surface area contributed by atoms with Gasteiger partial charge in [0.15, 0.2) is 0 Å². The molecule has 5 aromatic carbocycles. The van der Waals surface area contributed by atoms with Crippen molar-refractivity contribution in [2.45, 2.75) is 39.0 Å². The molecule has 0 aliphatic rings. The van der Waals surface area contributed by atoms with E-state index in [-0.39, 0.29) is 11.9 Å². The molecule has 0 amide bonds. The van der Waals surface area contributed by atoms with Crippen LogP contribution in [0.1, 0.15) is 39.0 Å². The minimum Gasteiger partial charge on any atom is -0.466 e. The molecule has 0 aliphatic carbocycles. The highest BCUT2D eigenvalue weighted by molar-refractivity contribution is 5.80. The third-order valence-corrected chi connectivity index (χ3v) is 7.37. The molecule has 0 unspecified atom stereocenters. The van der Waals surface area contributed by atoms with Gasteiger partial charge in [0.2, 0.25) is 0 Å². The Kier molecular flexibility index (Phi) is 10.6. The van der Waals surface area contributed by atoms with E-state index in [0.717, 1.165) is 41.0 Å². The van der Waals surface area contributed by atoms with E-state index in [9.17, 15) is 9.59 Å². The molecule has 0 N–H and O–H groups in total. The summed E-state index contributed by atoms with van der Waals surface area (Å²) in [4.78, 5) is 25.9. The molecule has 0 bridgehead atoms. The normalized spacial score (nSPS) is 10.7. The topological polar surface area (TPSA) is 55.8 Å². The summed E-state index contributed by atoms with van der Waals surface area (Å²) in [5.74, 6) is 0.0439. The van der Waals surface area contributed by atoms with E-state index in [4.69, 9.17) is 9.47 Å². The first-order valence-corrected chi connectivity index (χ1v) is 15.2. The molecule has 0 saturated carbocycles. The van der Waals surface area contributed by atoms with Crippen molar-refractivity contribution in [2.24, 2.45) is 0 Å². The van der Waals surface area contributed by atoms with Gasteiger partial charge in [-0.2, -0.15) is 0 Å². The molecule has 5 aromatic rings. The van der Waals surface area contributed by atoms with Crippen molar-refractivity contribution in [2.75, 3.05) is 11.5 Å². The monoisotopic (exact) mass is 583 g/mol. The van der Waals surface area contributed by atoms with Crippen molar-refractivity contribution in [3.05, 3.63) is 133 Å². The second-order valence-corrected chi connectivity index (χ2v) is 10.5. The van der Waals surface area contributed by atoms with Crippen LogP contribution in [0.3, 0.4) is 0 Å². The van der Waals surface area contributed by atoms with Gasteiger partial charge in [-0.25, -0.2) is 0 Å². The zero-order valence-corrected chi connectivity index (χ0v) is 25.0. The first-order chi connectivity index (χ1) is 21.6. The van der Waals surface area contributed by atoms with Gasteiger partial charge in [0.25, 0.3) is 0 Å². The van der Waals surface area contributed by atoms with Gasteiger partial charge in [-0.05, 0) is 90.0 Å². The van der Waals surface area contributed by atoms with Gasteiger partial charge in [0, 0.05) is 29.9 Å². The number of carbonyl (C=O) groups is 2. The van der Waals surface area contributed by atoms with E-state index in [2.05, 4.69) is 77.7 Å². The Hall–Kier alpha value is -5.16. The highest BCUT2D eigenvalue weighted by Gasteiger charge is 2.14. The van der Waals surface area contributed by atoms with Gasteiger partial charge >= 0.3 is 11.9 Å². The average molecular weight is 584 g/mol. The molecular weight excluding hydrogens is 546 g/mol. The lowest BCUT2D eigenvalue weighted by molar-refractivity contribution is -0.143. The van der Waals surface area contributed by atoms with Crippen LogP contribution in [-0.4, -0.2) is 18.5 Å². The molecule has 44 heavy (non-hydrogen) atoms. The molecule has 222 valence electrons. The van der Waals surface area contributed by atoms with E-state index in [1.54, 1.807) is 6.92 Å². The van der Waals surface area contributed by atoms with Crippen LogP contribution in [0.25, 0.3) is 22.3 Å². The van der Waals surface area contributed by atoms with Gasteiger partial charge in [-0.3, -0.25) is 9.59 Å². The van der Waals surface area contributed by atoms with Crippen LogP contribution in [-0.2, 0) is 14.3 Å². The van der Waals surface area contributed by atoms with E-state index < -0.39 is 0 Å². The first kappa shape index (κ1) is 30.3. The third-order valence-electron chi connectivity index (χ3n) is 7.37. The van der Waals surface area contributed by atoms with Crippen molar-refractivity contribution >= 4 is 29.0 Å². The van der Waals surface area contributed by atoms with Crippen LogP contribution in [0.15, 0.2) is 133 Å². The van der Waals surface area contributed by atoms with Crippen LogP contribution in [0, 0.1) is 0 Å². The Morgan fingerprint density at radius 3 is 1.45 bits per heavy atom. The van der Waals surface area contributed by atoms with Crippen LogP contribution >= 0.6 is 0 Å². The highest BCUT2D eigenvalue weighted by atomic mass is 16.5. The fourth-order valence-electron chi connectivity index (χ4n) is 5.00. The second-order valence-electron chi connectivity index (χ2n) is 10.5. The number of benzene rings is 5. The fourth-order valence-corrected chi connectivity index (χ4v) is 5.00. The summed E-state index contributed by atoms with van der Waals surface area (Å²) >= 11 is 0. The van der Waals surface area contributed by atoms with Gasteiger partial charge in [-0.1, -0.05) is 91.9 Å². The number of anilines is 3. The molecular formula is C39H37NO4. The molecule has 0 aromatic heterocycles. The maximum atomic E-state index is 12.4. The SMILES string of the molecule is CCC(=O)OCCCCCC(=O)Oc1ccc(N(c2ccc(-c3ccccc3)cc2)c2ccc(-c3ccccc3)cc2)cc1. The minimum absolute atomic E-state index is 0.195. The van der Waals surface area contributed by atoms with Gasteiger partial charge in [-0.15, -0.1) is 0 Å². The molecule has 0 atom stereocenters. The number of carbonyl (C=O) groups excluding carboxylic acids is 2. The highest BCUT2D eigenvalue weighted by Crippen LogP contribution is 2.37. The maximum absolute atomic E-state index is 12.4. The Balaban J connectivity index is 1.30. The number of unbranched alkanes of at least 4 members (excludes halogenated alkanes) is 2. The smallest absolute Gasteiger partial charge is 0.311 e. The molecule has 0 spiro atoms. The maximum Gasteiger partial charge on any atom is 0.311 e. The number of esters is 2. The predicted molar refractivity (Wildman–Crippen MR) is 177 cm³/mol. The summed E-state index contributed by atoms with van der Waals surface area (Å²) in [6.07, 6.45) is 2.92. The fraction of sp³-hybridized carbons (Fsp3) is 0.179. The number of hydrogen-bond donors (Lipinski definition) is 0. The molecule has 0 aliphatic heterocycles. The summed E-state index contributed by atoms with van der Waals surface area (Å²) < 4.78 is 10.7. The van der Waals surface area contributed by atoms with E-state index >= 15 is 0 Å². The number of nitrogens with zero attached hydrogens (tertiary/aromatic N) is 1. The summed E-state index contributed by atoms with van der Waals surface area (Å²) in [5, 5.41) is 0. The lowest BCUT2D eigenvalue weighted by atomic mass is 10.0. The van der Waals surface area contributed by atoms with E-state index in [1.807, 2.05) is 60.7 Å². The van der Waals surface area contributed by atoms with Gasteiger partial charge < -0.3 is 14.4 Å². The average Bonchev–Trinajstić information content (AvgIpc) is 3.08. The van der Waals surface area contributed by atoms with Crippen LogP contribution in [0.4, 0.5) is 17.1 Å². The van der Waals surface area contributed by atoms with E-state index in [0.29, 0.717) is 31.6 Å². The van der Waals surface area contributed by atoms with Gasteiger partial charge in [0.05, 0.1) is 6.61 Å². The Morgan fingerprint density at radius 1 is 0.523 bits per heavy atom. The Morgan fingerprint density at radius 2 is 0.977 bits per heavy atom. The largest absolute Gasteiger partial charge is 0.466 e. The van der Waals surface area contributed by atoms with Crippen molar-refractivity contribution in [3.63, 3.8) is 0 Å². The molecule has 0 saturated heterocycles. The van der Waals surface area contributed by atoms with Crippen molar-refractivity contribution < 1.29 is 19.1 Å². The lowest BCUT2D eigenvalue weighted by Crippen LogP contribution is -2.11. The quantitative estimate of drug-likeness (QED) is 0.0784. The van der Waals surface area contributed by atoms with Gasteiger partial charge in [0.1, 0.15) is 5.75 Å². The molecule has 0 fully saturated rings. The van der Waals surface area contributed by atoms with Crippen molar-refractivity contribution in [1.29, 1.82) is 0 Å². The van der Waals surface area contributed by atoms with Crippen molar-refractivity contribution in [3.8, 4) is 28.0 Å². The summed E-state index contributed by atoms with van der Waals surface area (Å²) in [5.41, 5.74) is 7.63. The van der Waals surface area contributed by atoms with Crippen molar-refractivity contribution in [1.82, 2.24) is 0 Å². The first-order valence-electron chi connectivity index (χ1n) is 15.2. The molecule has 5 rings (SSSR count). The van der Waals surface area contributed by atoms with Crippen LogP contribution in [0.2, 0.25) is 0 Å². The van der Waals surface area contributed by atoms with Crippen LogP contribution in [0.5, 0.6) is 5.75 Å².